The third-order valence-electron chi connectivity index (χ3n) is 5.43. The van der Waals surface area contributed by atoms with Gasteiger partial charge in [-0.3, -0.25) is 4.79 Å². The second-order valence-corrected chi connectivity index (χ2v) is 10.2. The van der Waals surface area contributed by atoms with Gasteiger partial charge in [-0.1, -0.05) is 43.6 Å². The molecule has 6 nitrogen and oxygen atoms in total. The molecular weight excluding hydrogens is 436 g/mol. The average Bonchev–Trinajstić information content (AvgIpc) is 2.73. The molecule has 2 aromatic rings. The van der Waals surface area contributed by atoms with Gasteiger partial charge >= 0.3 is 0 Å². The number of nitrogens with zero attached hydrogens (tertiary/aromatic N) is 1. The zero-order valence-electron chi connectivity index (χ0n) is 18.3. The van der Waals surface area contributed by atoms with Crippen molar-refractivity contribution in [1.82, 2.24) is 4.31 Å². The minimum atomic E-state index is -3.87. The van der Waals surface area contributed by atoms with Crippen molar-refractivity contribution in [3.8, 4) is 0 Å². The van der Waals surface area contributed by atoms with Crippen LogP contribution in [0, 0.1) is 0 Å². The Bertz CT molecular complexity index is 1040. The zero-order valence-corrected chi connectivity index (χ0v) is 19.9. The first kappa shape index (κ1) is 23.7. The summed E-state index contributed by atoms with van der Waals surface area (Å²) in [5.41, 5.74) is 3.09. The van der Waals surface area contributed by atoms with Crippen LogP contribution in [0.2, 0.25) is 5.02 Å². The Morgan fingerprint density at radius 2 is 1.68 bits per heavy atom. The van der Waals surface area contributed by atoms with E-state index >= 15 is 0 Å². The molecule has 1 heterocycles. The molecule has 2 atom stereocenters. The molecule has 0 bridgehead atoms. The van der Waals surface area contributed by atoms with Gasteiger partial charge in [-0.25, -0.2) is 8.42 Å². The molecule has 1 saturated heterocycles. The number of rotatable bonds is 6. The number of hydrogen-bond donors (Lipinski definition) is 1. The highest BCUT2D eigenvalue weighted by Gasteiger charge is 2.34. The molecule has 8 heteroatoms. The van der Waals surface area contributed by atoms with E-state index in [0.717, 1.165) is 29.7 Å². The minimum Gasteiger partial charge on any atom is -0.373 e. The highest BCUT2D eigenvalue weighted by atomic mass is 35.5. The number of anilines is 1. The van der Waals surface area contributed by atoms with Crippen LogP contribution >= 0.6 is 11.6 Å². The Balaban J connectivity index is 1.94. The highest BCUT2D eigenvalue weighted by Crippen LogP contribution is 2.29. The van der Waals surface area contributed by atoms with Crippen LogP contribution in [0.1, 0.15) is 49.2 Å². The van der Waals surface area contributed by atoms with E-state index in [2.05, 4.69) is 5.32 Å². The third-order valence-corrected chi connectivity index (χ3v) is 7.75. The molecule has 0 unspecified atom stereocenters. The summed E-state index contributed by atoms with van der Waals surface area (Å²) in [5, 5.41) is 3.07. The smallest absolute Gasteiger partial charge is 0.255 e. The summed E-state index contributed by atoms with van der Waals surface area (Å²) in [6.07, 6.45) is 1.11. The standard InChI is InChI=1S/C23H29ClN2O4S/c1-5-17-8-7-9-18(6-2)22(17)25-23(27)19-10-11-20(24)21(12-19)31(28,29)26-13-15(3)30-16(4)14-26/h7-12,15-16H,5-6,13-14H2,1-4H3,(H,25,27)/t15-,16-/m0/s1. The van der Waals surface area contributed by atoms with Crippen molar-refractivity contribution >= 4 is 33.2 Å². The summed E-state index contributed by atoms with van der Waals surface area (Å²) < 4.78 is 33.6. The number of carbonyl (C=O) groups excluding carboxylic acids is 1. The molecule has 2 aromatic carbocycles. The molecule has 1 N–H and O–H groups in total. The average molecular weight is 465 g/mol. The van der Waals surface area contributed by atoms with Crippen LogP contribution in [0.3, 0.4) is 0 Å². The maximum Gasteiger partial charge on any atom is 0.255 e. The lowest BCUT2D eigenvalue weighted by Gasteiger charge is -2.34. The molecule has 3 rings (SSSR count). The first-order valence-electron chi connectivity index (χ1n) is 10.5. The van der Waals surface area contributed by atoms with Crippen LogP contribution in [0.25, 0.3) is 0 Å². The first-order chi connectivity index (χ1) is 14.7. The number of para-hydroxylation sites is 1. The summed E-state index contributed by atoms with van der Waals surface area (Å²) in [6, 6.07) is 10.3. The van der Waals surface area contributed by atoms with Crippen molar-refractivity contribution in [2.75, 3.05) is 18.4 Å². The lowest BCUT2D eigenvalue weighted by molar-refractivity contribution is -0.0440. The SMILES string of the molecule is CCc1cccc(CC)c1NC(=O)c1ccc(Cl)c(S(=O)(=O)N2C[C@H](C)O[C@@H](C)C2)c1. The maximum atomic E-state index is 13.3. The van der Waals surface area contributed by atoms with Crippen molar-refractivity contribution in [1.29, 1.82) is 0 Å². The van der Waals surface area contributed by atoms with Crippen molar-refractivity contribution in [2.24, 2.45) is 0 Å². The van der Waals surface area contributed by atoms with Gasteiger partial charge in [0, 0.05) is 24.3 Å². The van der Waals surface area contributed by atoms with Crippen LogP contribution in [-0.2, 0) is 27.6 Å². The number of nitrogens with one attached hydrogen (secondary N) is 1. The zero-order chi connectivity index (χ0) is 22.8. The van der Waals surface area contributed by atoms with E-state index in [1.807, 2.05) is 45.9 Å². The molecular formula is C23H29ClN2O4S. The van der Waals surface area contributed by atoms with Gasteiger partial charge in [0.05, 0.1) is 17.2 Å². The molecule has 0 radical (unpaired) electrons. The van der Waals surface area contributed by atoms with Gasteiger partial charge in [-0.2, -0.15) is 4.31 Å². The molecule has 1 fully saturated rings. The van der Waals surface area contributed by atoms with Gasteiger partial charge in [0.25, 0.3) is 5.91 Å². The van der Waals surface area contributed by atoms with E-state index in [1.54, 1.807) is 6.07 Å². The maximum absolute atomic E-state index is 13.3. The fourth-order valence-electron chi connectivity index (χ4n) is 3.90. The van der Waals surface area contributed by atoms with E-state index in [-0.39, 0.29) is 46.7 Å². The van der Waals surface area contributed by atoms with Crippen LogP contribution in [0.4, 0.5) is 5.69 Å². The number of halogens is 1. The van der Waals surface area contributed by atoms with Crippen LogP contribution in [0.15, 0.2) is 41.3 Å². The molecule has 0 aromatic heterocycles. The Hall–Kier alpha value is -1.93. The summed E-state index contributed by atoms with van der Waals surface area (Å²) >= 11 is 6.26. The van der Waals surface area contributed by atoms with Gasteiger partial charge in [0.1, 0.15) is 4.90 Å². The quantitative estimate of drug-likeness (QED) is 0.682. The normalized spacial score (nSPS) is 19.9. The summed E-state index contributed by atoms with van der Waals surface area (Å²) in [4.78, 5) is 13.0. The molecule has 1 aliphatic heterocycles. The van der Waals surface area contributed by atoms with Crippen LogP contribution in [0.5, 0.6) is 0 Å². The molecule has 31 heavy (non-hydrogen) atoms. The van der Waals surface area contributed by atoms with Crippen LogP contribution < -0.4 is 5.32 Å². The fraction of sp³-hybridized carbons (Fsp3) is 0.435. The molecule has 168 valence electrons. The van der Waals surface area contributed by atoms with E-state index in [9.17, 15) is 13.2 Å². The predicted molar refractivity (Wildman–Crippen MR) is 123 cm³/mol. The number of benzene rings is 2. The number of morpholine rings is 1. The van der Waals surface area contributed by atoms with Gasteiger partial charge in [0.2, 0.25) is 10.0 Å². The second-order valence-electron chi connectivity index (χ2n) is 7.84. The Morgan fingerprint density at radius 1 is 1.10 bits per heavy atom. The van der Waals surface area contributed by atoms with E-state index in [4.69, 9.17) is 16.3 Å². The third kappa shape index (κ3) is 5.12. The molecule has 0 spiro atoms. The predicted octanol–water partition coefficient (Wildman–Crippen LogP) is 4.52. The topological polar surface area (TPSA) is 75.7 Å². The van der Waals surface area contributed by atoms with E-state index < -0.39 is 10.0 Å². The first-order valence-corrected chi connectivity index (χ1v) is 12.4. The van der Waals surface area contributed by atoms with Crippen LogP contribution in [-0.4, -0.2) is 43.9 Å². The largest absolute Gasteiger partial charge is 0.373 e. The molecule has 0 aliphatic carbocycles. The van der Waals surface area contributed by atoms with Gasteiger partial charge in [-0.05, 0) is 56.0 Å². The Labute approximate surface area is 189 Å². The number of hydrogen-bond acceptors (Lipinski definition) is 4. The summed E-state index contributed by atoms with van der Waals surface area (Å²) in [7, 11) is -3.87. The van der Waals surface area contributed by atoms with Crippen molar-refractivity contribution in [2.45, 2.75) is 57.6 Å². The summed E-state index contributed by atoms with van der Waals surface area (Å²) in [5.74, 6) is -0.368. The lowest BCUT2D eigenvalue weighted by atomic mass is 10.0. The van der Waals surface area contributed by atoms with Crippen molar-refractivity contribution in [3.63, 3.8) is 0 Å². The number of sulfonamides is 1. The monoisotopic (exact) mass is 464 g/mol. The number of aryl methyl sites for hydroxylation is 2. The summed E-state index contributed by atoms with van der Waals surface area (Å²) in [6.45, 7) is 8.20. The Morgan fingerprint density at radius 3 is 2.23 bits per heavy atom. The molecule has 1 amide bonds. The number of ether oxygens (including phenoxy) is 1. The lowest BCUT2D eigenvalue weighted by Crippen LogP contribution is -2.48. The van der Waals surface area contributed by atoms with Gasteiger partial charge in [-0.15, -0.1) is 0 Å². The minimum absolute atomic E-state index is 0.0670. The van der Waals surface area contributed by atoms with Gasteiger partial charge in [0.15, 0.2) is 0 Å². The van der Waals surface area contributed by atoms with Crippen molar-refractivity contribution < 1.29 is 17.9 Å². The highest BCUT2D eigenvalue weighted by molar-refractivity contribution is 7.89. The van der Waals surface area contributed by atoms with Gasteiger partial charge < -0.3 is 10.1 Å². The number of carbonyl (C=O) groups is 1. The van der Waals surface area contributed by atoms with Crippen molar-refractivity contribution in [3.05, 3.63) is 58.1 Å². The van der Waals surface area contributed by atoms with E-state index in [0.29, 0.717) is 0 Å². The number of amides is 1. The molecule has 1 aliphatic rings. The molecule has 0 saturated carbocycles. The Kier molecular flexibility index (Phi) is 7.42. The van der Waals surface area contributed by atoms with E-state index in [1.165, 1.54) is 16.4 Å². The fourth-order valence-corrected chi connectivity index (χ4v) is 5.99. The second kappa shape index (κ2) is 9.69.